The number of urea groups is 1. The van der Waals surface area contributed by atoms with Crippen LogP contribution in [-0.4, -0.2) is 38.1 Å². The molecule has 0 aliphatic carbocycles. The Hall–Kier alpha value is -1.55. The maximum Gasteiger partial charge on any atom is 0.319 e. The number of carbonyl (C=O) groups excluding carboxylic acids is 1. The van der Waals surface area contributed by atoms with E-state index in [1.54, 1.807) is 0 Å². The van der Waals surface area contributed by atoms with Crippen molar-refractivity contribution < 1.29 is 4.79 Å². The molecule has 20 heavy (non-hydrogen) atoms. The van der Waals surface area contributed by atoms with Crippen molar-refractivity contribution in [1.82, 2.24) is 10.2 Å². The third-order valence-electron chi connectivity index (χ3n) is 3.08. The summed E-state index contributed by atoms with van der Waals surface area (Å²) >= 11 is 0. The van der Waals surface area contributed by atoms with Gasteiger partial charge >= 0.3 is 6.03 Å². The first-order valence-electron chi connectivity index (χ1n) is 7.09. The van der Waals surface area contributed by atoms with Crippen LogP contribution in [0.15, 0.2) is 24.3 Å². The highest BCUT2D eigenvalue weighted by Crippen LogP contribution is 2.23. The van der Waals surface area contributed by atoms with Gasteiger partial charge in [-0.05, 0) is 50.2 Å². The molecule has 1 aromatic carbocycles. The summed E-state index contributed by atoms with van der Waals surface area (Å²) in [5, 5.41) is 5.70. The Morgan fingerprint density at radius 2 is 1.75 bits per heavy atom. The molecule has 0 saturated heterocycles. The average molecular weight is 277 g/mol. The Kier molecular flexibility index (Phi) is 6.02. The monoisotopic (exact) mass is 277 g/mol. The topological polar surface area (TPSA) is 44.4 Å². The summed E-state index contributed by atoms with van der Waals surface area (Å²) in [5.74, 6) is 0. The number of nitrogens with one attached hydrogen (secondary N) is 2. The minimum Gasteiger partial charge on any atom is -0.338 e. The van der Waals surface area contributed by atoms with E-state index in [1.165, 1.54) is 5.56 Å². The van der Waals surface area contributed by atoms with E-state index in [4.69, 9.17) is 0 Å². The fourth-order valence-corrected chi connectivity index (χ4v) is 1.83. The van der Waals surface area contributed by atoms with Gasteiger partial charge in [-0.15, -0.1) is 0 Å². The van der Waals surface area contributed by atoms with Crippen molar-refractivity contribution in [2.75, 3.05) is 32.5 Å². The molecule has 0 aliphatic rings. The zero-order valence-corrected chi connectivity index (χ0v) is 13.3. The standard InChI is InChI=1S/C16H27N3O/c1-16(2,3)13-7-9-14(10-8-13)18-15(20)17-11-6-12-19(4)5/h7-10H,6,11-12H2,1-5H3,(H2,17,18,20). The van der Waals surface area contributed by atoms with Crippen LogP contribution in [-0.2, 0) is 5.41 Å². The van der Waals surface area contributed by atoms with Gasteiger partial charge in [0.2, 0.25) is 0 Å². The molecule has 2 amide bonds. The summed E-state index contributed by atoms with van der Waals surface area (Å²) in [5.41, 5.74) is 2.21. The first kappa shape index (κ1) is 16.5. The second-order valence-electron chi connectivity index (χ2n) is 6.37. The summed E-state index contributed by atoms with van der Waals surface area (Å²) in [6.45, 7) is 8.18. The van der Waals surface area contributed by atoms with E-state index in [2.05, 4.69) is 48.4 Å². The molecule has 0 heterocycles. The quantitative estimate of drug-likeness (QED) is 0.812. The molecular formula is C16H27N3O. The van der Waals surface area contributed by atoms with Gasteiger partial charge in [0.1, 0.15) is 0 Å². The Morgan fingerprint density at radius 3 is 2.25 bits per heavy atom. The number of amides is 2. The fourth-order valence-electron chi connectivity index (χ4n) is 1.83. The lowest BCUT2D eigenvalue weighted by Crippen LogP contribution is -2.31. The molecule has 0 bridgehead atoms. The highest BCUT2D eigenvalue weighted by atomic mass is 16.2. The van der Waals surface area contributed by atoms with Crippen LogP contribution >= 0.6 is 0 Å². The van der Waals surface area contributed by atoms with Gasteiger partial charge in [-0.1, -0.05) is 32.9 Å². The second kappa shape index (κ2) is 7.29. The molecule has 0 saturated carbocycles. The molecule has 0 atom stereocenters. The number of benzene rings is 1. The molecule has 4 heteroatoms. The van der Waals surface area contributed by atoms with Crippen LogP contribution in [0.5, 0.6) is 0 Å². The van der Waals surface area contributed by atoms with E-state index in [9.17, 15) is 4.79 Å². The van der Waals surface area contributed by atoms with Gasteiger partial charge in [-0.3, -0.25) is 0 Å². The molecule has 2 N–H and O–H groups in total. The van der Waals surface area contributed by atoms with Gasteiger partial charge in [0.15, 0.2) is 0 Å². The zero-order chi connectivity index (χ0) is 15.2. The summed E-state index contributed by atoms with van der Waals surface area (Å²) in [4.78, 5) is 13.8. The van der Waals surface area contributed by atoms with E-state index in [-0.39, 0.29) is 11.4 Å². The molecule has 1 aromatic rings. The fraction of sp³-hybridized carbons (Fsp3) is 0.562. The van der Waals surface area contributed by atoms with Gasteiger partial charge in [-0.25, -0.2) is 4.79 Å². The van der Waals surface area contributed by atoms with E-state index in [0.29, 0.717) is 6.54 Å². The lowest BCUT2D eigenvalue weighted by Gasteiger charge is -2.19. The molecule has 0 fully saturated rings. The van der Waals surface area contributed by atoms with Crippen molar-refractivity contribution in [3.63, 3.8) is 0 Å². The number of carbonyl (C=O) groups is 1. The third kappa shape index (κ3) is 6.06. The second-order valence-corrected chi connectivity index (χ2v) is 6.37. The van der Waals surface area contributed by atoms with Crippen molar-refractivity contribution in [2.45, 2.75) is 32.6 Å². The van der Waals surface area contributed by atoms with Gasteiger partial charge < -0.3 is 15.5 Å². The van der Waals surface area contributed by atoms with Crippen LogP contribution in [0.3, 0.4) is 0 Å². The van der Waals surface area contributed by atoms with E-state index < -0.39 is 0 Å². The van der Waals surface area contributed by atoms with Crippen molar-refractivity contribution in [2.24, 2.45) is 0 Å². The molecule has 1 rings (SSSR count). The summed E-state index contributed by atoms with van der Waals surface area (Å²) in [7, 11) is 4.05. The molecule has 112 valence electrons. The first-order chi connectivity index (χ1) is 9.29. The minimum absolute atomic E-state index is 0.132. The first-order valence-corrected chi connectivity index (χ1v) is 7.09. The zero-order valence-electron chi connectivity index (χ0n) is 13.3. The van der Waals surface area contributed by atoms with E-state index in [0.717, 1.165) is 18.7 Å². The summed E-state index contributed by atoms with van der Waals surface area (Å²) < 4.78 is 0. The maximum absolute atomic E-state index is 11.7. The Balaban J connectivity index is 2.39. The molecule has 0 spiro atoms. The SMILES string of the molecule is CN(C)CCCNC(=O)Nc1ccc(C(C)(C)C)cc1. The number of hydrogen-bond donors (Lipinski definition) is 2. The van der Waals surface area contributed by atoms with Crippen LogP contribution in [0.1, 0.15) is 32.8 Å². The smallest absolute Gasteiger partial charge is 0.319 e. The van der Waals surface area contributed by atoms with Gasteiger partial charge in [0, 0.05) is 12.2 Å². The van der Waals surface area contributed by atoms with Gasteiger partial charge in [0.25, 0.3) is 0 Å². The van der Waals surface area contributed by atoms with Crippen LogP contribution < -0.4 is 10.6 Å². The van der Waals surface area contributed by atoms with Gasteiger partial charge in [-0.2, -0.15) is 0 Å². The largest absolute Gasteiger partial charge is 0.338 e. The Bertz CT molecular complexity index is 418. The number of nitrogens with zero attached hydrogens (tertiary/aromatic N) is 1. The van der Waals surface area contributed by atoms with Gasteiger partial charge in [0.05, 0.1) is 0 Å². The molecular weight excluding hydrogens is 250 g/mol. The molecule has 0 aliphatic heterocycles. The van der Waals surface area contributed by atoms with Crippen LogP contribution in [0.2, 0.25) is 0 Å². The highest BCUT2D eigenvalue weighted by Gasteiger charge is 2.13. The average Bonchev–Trinajstić information content (AvgIpc) is 2.34. The van der Waals surface area contributed by atoms with Crippen molar-refractivity contribution in [1.29, 1.82) is 0 Å². The maximum atomic E-state index is 11.7. The Labute approximate surface area is 122 Å². The molecule has 0 aromatic heterocycles. The lowest BCUT2D eigenvalue weighted by atomic mass is 9.87. The Morgan fingerprint density at radius 1 is 1.15 bits per heavy atom. The lowest BCUT2D eigenvalue weighted by molar-refractivity contribution is 0.251. The van der Waals surface area contributed by atoms with Crippen molar-refractivity contribution in [3.8, 4) is 0 Å². The number of hydrogen-bond acceptors (Lipinski definition) is 2. The predicted molar refractivity (Wildman–Crippen MR) is 85.3 cm³/mol. The molecule has 0 radical (unpaired) electrons. The van der Waals surface area contributed by atoms with Crippen molar-refractivity contribution >= 4 is 11.7 Å². The normalized spacial score (nSPS) is 11.5. The van der Waals surface area contributed by atoms with Crippen LogP contribution in [0.25, 0.3) is 0 Å². The minimum atomic E-state index is -0.146. The number of anilines is 1. The summed E-state index contributed by atoms with van der Waals surface area (Å²) in [6, 6.07) is 7.86. The molecule has 0 unspecified atom stereocenters. The van der Waals surface area contributed by atoms with E-state index >= 15 is 0 Å². The summed E-state index contributed by atoms with van der Waals surface area (Å²) in [6.07, 6.45) is 0.948. The number of rotatable bonds is 5. The predicted octanol–water partition coefficient (Wildman–Crippen LogP) is 3.06. The molecule has 4 nitrogen and oxygen atoms in total. The van der Waals surface area contributed by atoms with E-state index in [1.807, 2.05) is 26.2 Å². The van der Waals surface area contributed by atoms with Crippen LogP contribution in [0.4, 0.5) is 10.5 Å². The van der Waals surface area contributed by atoms with Crippen molar-refractivity contribution in [3.05, 3.63) is 29.8 Å². The highest BCUT2D eigenvalue weighted by molar-refractivity contribution is 5.89. The van der Waals surface area contributed by atoms with Crippen LogP contribution in [0, 0.1) is 0 Å². The third-order valence-corrected chi connectivity index (χ3v) is 3.08.